The Bertz CT molecular complexity index is 593. The van der Waals surface area contributed by atoms with E-state index in [1.54, 1.807) is 0 Å². The fourth-order valence-corrected chi connectivity index (χ4v) is 2.77. The number of aromatic nitrogens is 2. The van der Waals surface area contributed by atoms with Crippen molar-refractivity contribution < 1.29 is 0 Å². The Morgan fingerprint density at radius 1 is 1.14 bits per heavy atom. The van der Waals surface area contributed by atoms with Crippen LogP contribution in [0.3, 0.4) is 0 Å². The highest BCUT2D eigenvalue weighted by atomic mass is 15.1. The van der Waals surface area contributed by atoms with Crippen LogP contribution in [0.2, 0.25) is 0 Å². The summed E-state index contributed by atoms with van der Waals surface area (Å²) in [5.74, 6) is 1.77. The van der Waals surface area contributed by atoms with Crippen molar-refractivity contribution in [2.24, 2.45) is 0 Å². The minimum Gasteiger partial charge on any atom is -0.367 e. The number of hydrogen-bond donors (Lipinski definition) is 1. The van der Waals surface area contributed by atoms with E-state index in [4.69, 9.17) is 0 Å². The summed E-state index contributed by atoms with van der Waals surface area (Å²) in [6.45, 7) is 12.1. The molecule has 0 bridgehead atoms. The third-order valence-electron chi connectivity index (χ3n) is 4.10. The van der Waals surface area contributed by atoms with Crippen LogP contribution in [-0.4, -0.2) is 40.5 Å². The second kappa shape index (κ2) is 8.08. The maximum absolute atomic E-state index is 4.58. The van der Waals surface area contributed by atoms with Gasteiger partial charge in [0, 0.05) is 11.4 Å². The van der Waals surface area contributed by atoms with Crippen LogP contribution in [0.25, 0.3) is 10.9 Å². The summed E-state index contributed by atoms with van der Waals surface area (Å²) >= 11 is 0. The van der Waals surface area contributed by atoms with Gasteiger partial charge in [-0.05, 0) is 58.5 Å². The maximum atomic E-state index is 4.58. The first-order valence-corrected chi connectivity index (χ1v) is 8.36. The molecule has 0 unspecified atom stereocenters. The molecule has 2 rings (SSSR count). The lowest BCUT2D eigenvalue weighted by Crippen LogP contribution is -2.25. The highest BCUT2D eigenvalue weighted by molar-refractivity contribution is 5.89. The number of para-hydroxylation sites is 1. The third-order valence-corrected chi connectivity index (χ3v) is 4.10. The van der Waals surface area contributed by atoms with Crippen molar-refractivity contribution in [1.29, 1.82) is 0 Å². The van der Waals surface area contributed by atoms with Crippen LogP contribution in [0.5, 0.6) is 0 Å². The predicted octanol–water partition coefficient (Wildman–Crippen LogP) is 3.86. The normalized spacial score (nSPS) is 12.8. The number of rotatable bonds is 8. The van der Waals surface area contributed by atoms with Crippen LogP contribution < -0.4 is 5.32 Å². The number of nitrogens with one attached hydrogen (secondary N) is 1. The number of anilines is 1. The van der Waals surface area contributed by atoms with Gasteiger partial charge >= 0.3 is 0 Å². The number of nitrogens with zero attached hydrogens (tertiary/aromatic N) is 3. The van der Waals surface area contributed by atoms with Gasteiger partial charge in [0.25, 0.3) is 0 Å². The minimum absolute atomic E-state index is 0.410. The second-order valence-electron chi connectivity index (χ2n) is 5.85. The molecular formula is C18H28N4. The first-order valence-electron chi connectivity index (χ1n) is 8.36. The lowest BCUT2D eigenvalue weighted by molar-refractivity contribution is 0.295. The molecule has 1 aromatic heterocycles. The maximum Gasteiger partial charge on any atom is 0.137 e. The highest BCUT2D eigenvalue weighted by Crippen LogP contribution is 2.21. The largest absolute Gasteiger partial charge is 0.367 e. The highest BCUT2D eigenvalue weighted by Gasteiger charge is 2.09. The van der Waals surface area contributed by atoms with Gasteiger partial charge in [-0.1, -0.05) is 26.0 Å². The van der Waals surface area contributed by atoms with Crippen LogP contribution in [0.15, 0.2) is 24.3 Å². The summed E-state index contributed by atoms with van der Waals surface area (Å²) in [5.41, 5.74) is 1.01. The van der Waals surface area contributed by atoms with E-state index in [1.807, 2.05) is 25.1 Å². The fraction of sp³-hybridized carbons (Fsp3) is 0.556. The molecule has 0 aliphatic rings. The van der Waals surface area contributed by atoms with E-state index in [9.17, 15) is 0 Å². The summed E-state index contributed by atoms with van der Waals surface area (Å²) in [7, 11) is 0. The first kappa shape index (κ1) is 16.7. The SMILES string of the molecule is CCN(CC)CCC[C@H](C)Nc1nc(C)nc2ccccc12. The molecule has 0 aliphatic carbocycles. The van der Waals surface area contributed by atoms with Crippen LogP contribution in [0, 0.1) is 6.92 Å². The van der Waals surface area contributed by atoms with E-state index in [1.165, 1.54) is 13.0 Å². The van der Waals surface area contributed by atoms with Crippen molar-refractivity contribution in [3.63, 3.8) is 0 Å². The van der Waals surface area contributed by atoms with Crippen molar-refractivity contribution in [3.05, 3.63) is 30.1 Å². The van der Waals surface area contributed by atoms with Gasteiger partial charge in [-0.2, -0.15) is 0 Å². The predicted molar refractivity (Wildman–Crippen MR) is 94.4 cm³/mol. The Kier molecular flexibility index (Phi) is 6.13. The average Bonchev–Trinajstić information content (AvgIpc) is 2.51. The Labute approximate surface area is 134 Å². The molecule has 120 valence electrons. The van der Waals surface area contributed by atoms with Crippen LogP contribution in [0.4, 0.5) is 5.82 Å². The lowest BCUT2D eigenvalue weighted by Gasteiger charge is -2.20. The summed E-state index contributed by atoms with van der Waals surface area (Å²) in [6.07, 6.45) is 2.35. The zero-order chi connectivity index (χ0) is 15.9. The summed E-state index contributed by atoms with van der Waals surface area (Å²) in [6, 6.07) is 8.59. The number of hydrogen-bond acceptors (Lipinski definition) is 4. The molecule has 22 heavy (non-hydrogen) atoms. The standard InChI is InChI=1S/C18H28N4/c1-5-22(6-2)13-9-10-14(3)19-18-16-11-7-8-12-17(16)20-15(4)21-18/h7-8,11-12,14H,5-6,9-10,13H2,1-4H3,(H,19,20,21)/t14-/m0/s1. The molecule has 0 saturated carbocycles. The third kappa shape index (κ3) is 4.41. The van der Waals surface area contributed by atoms with E-state index in [0.717, 1.165) is 42.1 Å². The molecule has 0 saturated heterocycles. The molecule has 2 aromatic rings. The molecule has 0 aliphatic heterocycles. The number of aryl methyl sites for hydroxylation is 1. The van der Waals surface area contributed by atoms with Gasteiger partial charge in [-0.25, -0.2) is 9.97 Å². The zero-order valence-electron chi connectivity index (χ0n) is 14.3. The molecule has 0 fully saturated rings. The average molecular weight is 300 g/mol. The lowest BCUT2D eigenvalue weighted by atomic mass is 10.1. The van der Waals surface area contributed by atoms with Crippen LogP contribution in [-0.2, 0) is 0 Å². The number of fused-ring (bicyclic) bond motifs is 1. The molecular weight excluding hydrogens is 272 g/mol. The molecule has 1 atom stereocenters. The molecule has 0 amide bonds. The van der Waals surface area contributed by atoms with Crippen molar-refractivity contribution in [2.75, 3.05) is 25.0 Å². The summed E-state index contributed by atoms with van der Waals surface area (Å²) in [4.78, 5) is 11.5. The second-order valence-corrected chi connectivity index (χ2v) is 5.85. The molecule has 4 nitrogen and oxygen atoms in total. The molecule has 1 heterocycles. The smallest absolute Gasteiger partial charge is 0.137 e. The Morgan fingerprint density at radius 2 is 1.86 bits per heavy atom. The van der Waals surface area contributed by atoms with E-state index in [-0.39, 0.29) is 0 Å². The van der Waals surface area contributed by atoms with E-state index >= 15 is 0 Å². The molecule has 0 radical (unpaired) electrons. The van der Waals surface area contributed by atoms with Gasteiger partial charge < -0.3 is 10.2 Å². The van der Waals surface area contributed by atoms with Gasteiger partial charge in [0.1, 0.15) is 11.6 Å². The monoisotopic (exact) mass is 300 g/mol. The van der Waals surface area contributed by atoms with Gasteiger partial charge in [-0.15, -0.1) is 0 Å². The molecule has 0 spiro atoms. The quantitative estimate of drug-likeness (QED) is 0.803. The molecule has 1 N–H and O–H groups in total. The molecule has 4 heteroatoms. The first-order chi connectivity index (χ1) is 10.6. The van der Waals surface area contributed by atoms with Crippen molar-refractivity contribution in [2.45, 2.75) is 46.6 Å². The zero-order valence-corrected chi connectivity index (χ0v) is 14.3. The van der Waals surface area contributed by atoms with Gasteiger partial charge in [0.15, 0.2) is 0 Å². The van der Waals surface area contributed by atoms with E-state index in [2.05, 4.69) is 47.0 Å². The van der Waals surface area contributed by atoms with Gasteiger partial charge in [-0.3, -0.25) is 0 Å². The Hall–Kier alpha value is -1.68. The summed E-state index contributed by atoms with van der Waals surface area (Å²) < 4.78 is 0. The fourth-order valence-electron chi connectivity index (χ4n) is 2.77. The Morgan fingerprint density at radius 3 is 2.59 bits per heavy atom. The topological polar surface area (TPSA) is 41.0 Å². The minimum atomic E-state index is 0.410. The van der Waals surface area contributed by atoms with Gasteiger partial charge in [0.05, 0.1) is 5.52 Å². The summed E-state index contributed by atoms with van der Waals surface area (Å²) in [5, 5.41) is 4.67. The van der Waals surface area contributed by atoms with Crippen LogP contribution in [0.1, 0.15) is 39.4 Å². The van der Waals surface area contributed by atoms with E-state index in [0.29, 0.717) is 6.04 Å². The van der Waals surface area contributed by atoms with Crippen molar-refractivity contribution in [3.8, 4) is 0 Å². The van der Waals surface area contributed by atoms with Crippen molar-refractivity contribution >= 4 is 16.7 Å². The number of benzene rings is 1. The molecule has 1 aromatic carbocycles. The van der Waals surface area contributed by atoms with E-state index < -0.39 is 0 Å². The van der Waals surface area contributed by atoms with Crippen molar-refractivity contribution in [1.82, 2.24) is 14.9 Å². The Balaban J connectivity index is 1.98. The van der Waals surface area contributed by atoms with Crippen LogP contribution >= 0.6 is 0 Å². The van der Waals surface area contributed by atoms with Gasteiger partial charge in [0.2, 0.25) is 0 Å².